The Kier molecular flexibility index (Phi) is 9.32. The highest BCUT2D eigenvalue weighted by atomic mass is 16.5. The highest BCUT2D eigenvalue weighted by Gasteiger charge is 2.41. The van der Waals surface area contributed by atoms with Crippen molar-refractivity contribution >= 4 is 23.4 Å². The van der Waals surface area contributed by atoms with Crippen LogP contribution in [0.1, 0.15) is 50.3 Å². The summed E-state index contributed by atoms with van der Waals surface area (Å²) in [6, 6.07) is 14.8. The minimum absolute atomic E-state index is 0.110. The number of methoxy groups -OCH3 is 1. The fraction of sp³-hybridized carbons (Fsp3) is 0.424. The topological polar surface area (TPSA) is 117 Å². The summed E-state index contributed by atoms with van der Waals surface area (Å²) in [5, 5.41) is 3.08. The van der Waals surface area contributed by atoms with Gasteiger partial charge < -0.3 is 29.5 Å². The summed E-state index contributed by atoms with van der Waals surface area (Å²) < 4.78 is 11.8. The van der Waals surface area contributed by atoms with Crippen LogP contribution in [0.3, 0.4) is 0 Å². The molecule has 3 aromatic rings. The van der Waals surface area contributed by atoms with Gasteiger partial charge in [0.2, 0.25) is 5.91 Å². The van der Waals surface area contributed by atoms with Crippen molar-refractivity contribution in [1.29, 1.82) is 0 Å². The third kappa shape index (κ3) is 6.77. The number of anilines is 1. The number of rotatable bonds is 4. The highest BCUT2D eigenvalue weighted by Crippen LogP contribution is 2.38. The van der Waals surface area contributed by atoms with E-state index in [2.05, 4.69) is 15.3 Å². The van der Waals surface area contributed by atoms with Crippen molar-refractivity contribution in [3.8, 4) is 11.5 Å². The van der Waals surface area contributed by atoms with E-state index in [1.54, 1.807) is 29.9 Å². The summed E-state index contributed by atoms with van der Waals surface area (Å²) in [7, 11) is 5.44. The van der Waals surface area contributed by atoms with Crippen LogP contribution in [0.15, 0.2) is 48.5 Å². The molecule has 232 valence electrons. The van der Waals surface area contributed by atoms with Gasteiger partial charge in [-0.3, -0.25) is 14.4 Å². The summed E-state index contributed by atoms with van der Waals surface area (Å²) in [4.78, 5) is 54.8. The standard InChI is InChI=1S/C33H40N6O5/c1-21-16-28(36-22(2)35-21)33(42)38-13-7-12-34-31(40)27-20-39(32(41)24-8-6-9-25(17-24)37(3)4)19-26(27)23-10-11-29(43-5)30(18-23)44-15-14-38/h6,8-11,16-18,26-27H,7,12-15,19-20H2,1-5H3,(H,34,40)/t26-,27+/m1/s1. The SMILES string of the molecule is COc1ccc2cc1OCCN(C(=O)c1cc(C)nc(C)n1)CCCNC(=O)[C@H]1CN(C(=O)c3cccc(N(C)C)c3)C[C@H]21. The average Bonchev–Trinajstić information content (AvgIpc) is 3.46. The molecule has 2 aromatic carbocycles. The summed E-state index contributed by atoms with van der Waals surface area (Å²) in [5.41, 5.74) is 3.45. The Morgan fingerprint density at radius 2 is 1.77 bits per heavy atom. The smallest absolute Gasteiger partial charge is 0.272 e. The van der Waals surface area contributed by atoms with E-state index in [1.807, 2.05) is 68.4 Å². The molecule has 0 aliphatic carbocycles. The van der Waals surface area contributed by atoms with Crippen LogP contribution in [0.2, 0.25) is 0 Å². The van der Waals surface area contributed by atoms with E-state index in [0.29, 0.717) is 67.7 Å². The number of aromatic nitrogens is 2. The number of amides is 3. The predicted octanol–water partition coefficient (Wildman–Crippen LogP) is 3.06. The Balaban J connectivity index is 1.40. The predicted molar refractivity (Wildman–Crippen MR) is 166 cm³/mol. The van der Waals surface area contributed by atoms with Gasteiger partial charge in [0.1, 0.15) is 18.1 Å². The maximum absolute atomic E-state index is 13.6. The lowest BCUT2D eigenvalue weighted by Crippen LogP contribution is -2.39. The number of hydrogen-bond acceptors (Lipinski definition) is 8. The number of benzene rings is 2. The Morgan fingerprint density at radius 3 is 2.52 bits per heavy atom. The minimum atomic E-state index is -0.454. The van der Waals surface area contributed by atoms with Gasteiger partial charge in [-0.05, 0) is 62.2 Å². The van der Waals surface area contributed by atoms with E-state index in [1.165, 1.54) is 0 Å². The fourth-order valence-corrected chi connectivity index (χ4v) is 5.89. The molecule has 11 nitrogen and oxygen atoms in total. The summed E-state index contributed by atoms with van der Waals surface area (Å²) >= 11 is 0. The lowest BCUT2D eigenvalue weighted by atomic mass is 9.88. The number of carbonyl (C=O) groups excluding carboxylic acids is 3. The van der Waals surface area contributed by atoms with Gasteiger partial charge >= 0.3 is 0 Å². The Hall–Kier alpha value is -4.67. The van der Waals surface area contributed by atoms with E-state index >= 15 is 0 Å². The van der Waals surface area contributed by atoms with Crippen LogP contribution in [-0.4, -0.2) is 98.0 Å². The molecule has 1 aromatic heterocycles. The van der Waals surface area contributed by atoms with Crippen LogP contribution < -0.4 is 19.7 Å². The molecule has 5 rings (SSSR count). The molecule has 3 amide bonds. The van der Waals surface area contributed by atoms with E-state index in [9.17, 15) is 14.4 Å². The van der Waals surface area contributed by atoms with Gasteiger partial charge in [-0.25, -0.2) is 9.97 Å². The molecular formula is C33H40N6O5. The second-order valence-electron chi connectivity index (χ2n) is 11.5. The molecule has 3 heterocycles. The molecule has 11 heteroatoms. The zero-order valence-corrected chi connectivity index (χ0v) is 26.0. The van der Waals surface area contributed by atoms with Gasteiger partial charge in [0.25, 0.3) is 11.8 Å². The van der Waals surface area contributed by atoms with Gasteiger partial charge in [0.05, 0.1) is 19.6 Å². The summed E-state index contributed by atoms with van der Waals surface area (Å²) in [6.07, 6.45) is 0.548. The minimum Gasteiger partial charge on any atom is -0.493 e. The van der Waals surface area contributed by atoms with Crippen molar-refractivity contribution in [3.63, 3.8) is 0 Å². The molecule has 2 aliphatic rings. The van der Waals surface area contributed by atoms with Crippen molar-refractivity contribution in [1.82, 2.24) is 25.1 Å². The van der Waals surface area contributed by atoms with Crippen molar-refractivity contribution in [2.45, 2.75) is 26.2 Å². The van der Waals surface area contributed by atoms with Crippen LogP contribution in [0.4, 0.5) is 5.69 Å². The Bertz CT molecular complexity index is 1520. The van der Waals surface area contributed by atoms with Crippen LogP contribution in [0.5, 0.6) is 11.5 Å². The molecule has 2 bridgehead atoms. The maximum Gasteiger partial charge on any atom is 0.272 e. The third-order valence-corrected chi connectivity index (χ3v) is 8.16. The van der Waals surface area contributed by atoms with Crippen LogP contribution in [0.25, 0.3) is 0 Å². The number of hydrogen-bond donors (Lipinski definition) is 1. The number of ether oxygens (including phenoxy) is 2. The lowest BCUT2D eigenvalue weighted by Gasteiger charge is -2.25. The number of carbonyl (C=O) groups is 3. The molecule has 1 fully saturated rings. The first kappa shape index (κ1) is 30.8. The van der Waals surface area contributed by atoms with E-state index < -0.39 is 5.92 Å². The van der Waals surface area contributed by atoms with Crippen molar-refractivity contribution in [2.24, 2.45) is 5.92 Å². The Labute approximate surface area is 258 Å². The highest BCUT2D eigenvalue weighted by molar-refractivity contribution is 5.96. The molecule has 0 saturated carbocycles. The molecule has 1 N–H and O–H groups in total. The quantitative estimate of drug-likeness (QED) is 0.486. The first-order valence-corrected chi connectivity index (χ1v) is 14.9. The van der Waals surface area contributed by atoms with Gasteiger partial charge in [-0.2, -0.15) is 0 Å². The van der Waals surface area contributed by atoms with Crippen LogP contribution in [-0.2, 0) is 4.79 Å². The zero-order chi connectivity index (χ0) is 31.4. The molecule has 1 saturated heterocycles. The first-order valence-electron chi connectivity index (χ1n) is 14.9. The monoisotopic (exact) mass is 600 g/mol. The number of nitrogens with one attached hydrogen (secondary N) is 1. The van der Waals surface area contributed by atoms with E-state index in [4.69, 9.17) is 9.47 Å². The van der Waals surface area contributed by atoms with Gasteiger partial charge in [-0.1, -0.05) is 12.1 Å². The average molecular weight is 601 g/mol. The van der Waals surface area contributed by atoms with E-state index in [-0.39, 0.29) is 30.2 Å². The number of nitrogens with zero attached hydrogens (tertiary/aromatic N) is 5. The van der Waals surface area contributed by atoms with E-state index in [0.717, 1.165) is 16.9 Å². The van der Waals surface area contributed by atoms with Crippen molar-refractivity contribution in [3.05, 3.63) is 76.9 Å². The van der Waals surface area contributed by atoms with Crippen molar-refractivity contribution < 1.29 is 23.9 Å². The molecular weight excluding hydrogens is 560 g/mol. The normalized spacial score (nSPS) is 18.9. The Morgan fingerprint density at radius 1 is 0.977 bits per heavy atom. The van der Waals surface area contributed by atoms with Crippen molar-refractivity contribution in [2.75, 3.05) is 65.4 Å². The molecule has 0 spiro atoms. The molecule has 2 atom stereocenters. The van der Waals surface area contributed by atoms with Gasteiger partial charge in [-0.15, -0.1) is 0 Å². The zero-order valence-electron chi connectivity index (χ0n) is 26.0. The maximum atomic E-state index is 13.6. The lowest BCUT2D eigenvalue weighted by molar-refractivity contribution is -0.124. The second kappa shape index (κ2) is 13.3. The first-order chi connectivity index (χ1) is 21.1. The summed E-state index contributed by atoms with van der Waals surface area (Å²) in [5.74, 6) is 0.469. The molecule has 2 aliphatic heterocycles. The van der Waals surface area contributed by atoms with Gasteiger partial charge in [0.15, 0.2) is 11.5 Å². The fourth-order valence-electron chi connectivity index (χ4n) is 5.89. The number of likely N-dealkylation sites (tertiary alicyclic amines) is 1. The van der Waals surface area contributed by atoms with Crippen LogP contribution >= 0.6 is 0 Å². The summed E-state index contributed by atoms with van der Waals surface area (Å²) in [6.45, 7) is 5.64. The number of aryl methyl sites for hydroxylation is 2. The molecule has 44 heavy (non-hydrogen) atoms. The largest absolute Gasteiger partial charge is 0.493 e. The number of fused-ring (bicyclic) bond motifs is 4. The van der Waals surface area contributed by atoms with Crippen LogP contribution in [0, 0.1) is 19.8 Å². The second-order valence-corrected chi connectivity index (χ2v) is 11.5. The molecule has 0 radical (unpaired) electrons. The third-order valence-electron chi connectivity index (χ3n) is 8.16. The molecule has 0 unspecified atom stereocenters. The van der Waals surface area contributed by atoms with Gasteiger partial charge in [0, 0.05) is 63.1 Å².